The fraction of sp³-hybridized carbons (Fsp3) is 0.364. The largest absolute Gasteiger partial charge is 0.504 e. The summed E-state index contributed by atoms with van der Waals surface area (Å²) in [6.07, 6.45) is 0. The standard InChI is InChI=1S/C11H16N2O3/c1-7(13-6-11(12)15)8-3-4-9(14)10(5-8)16-2/h3-5,7,13-14H,6H2,1-2H3,(H2,12,15). The molecule has 0 saturated carbocycles. The number of methoxy groups -OCH3 is 1. The van der Waals surface area contributed by atoms with Crippen LogP contribution in [0.2, 0.25) is 0 Å². The van der Waals surface area contributed by atoms with Gasteiger partial charge in [-0.2, -0.15) is 0 Å². The van der Waals surface area contributed by atoms with Gasteiger partial charge < -0.3 is 20.9 Å². The molecule has 1 atom stereocenters. The number of hydrogen-bond acceptors (Lipinski definition) is 4. The highest BCUT2D eigenvalue weighted by Crippen LogP contribution is 2.28. The monoisotopic (exact) mass is 224 g/mol. The average molecular weight is 224 g/mol. The van der Waals surface area contributed by atoms with E-state index >= 15 is 0 Å². The van der Waals surface area contributed by atoms with Crippen LogP contribution in [0.15, 0.2) is 18.2 Å². The first kappa shape index (κ1) is 12.3. The molecule has 0 fully saturated rings. The highest BCUT2D eigenvalue weighted by molar-refractivity contribution is 5.75. The third kappa shape index (κ3) is 3.13. The number of hydrogen-bond donors (Lipinski definition) is 3. The number of amides is 1. The summed E-state index contributed by atoms with van der Waals surface area (Å²) in [7, 11) is 1.49. The number of primary amides is 1. The van der Waals surface area contributed by atoms with Crippen molar-refractivity contribution in [3.63, 3.8) is 0 Å². The number of nitrogens with one attached hydrogen (secondary N) is 1. The quantitative estimate of drug-likeness (QED) is 0.681. The van der Waals surface area contributed by atoms with E-state index in [1.807, 2.05) is 6.92 Å². The van der Waals surface area contributed by atoms with Gasteiger partial charge >= 0.3 is 0 Å². The van der Waals surface area contributed by atoms with E-state index in [4.69, 9.17) is 10.5 Å². The van der Waals surface area contributed by atoms with Gasteiger partial charge in [0.15, 0.2) is 11.5 Å². The maximum Gasteiger partial charge on any atom is 0.231 e. The van der Waals surface area contributed by atoms with Gasteiger partial charge in [-0.05, 0) is 24.6 Å². The predicted molar refractivity (Wildman–Crippen MR) is 60.3 cm³/mol. The van der Waals surface area contributed by atoms with Crippen LogP contribution in [0.3, 0.4) is 0 Å². The fourth-order valence-electron chi connectivity index (χ4n) is 1.34. The highest BCUT2D eigenvalue weighted by Gasteiger charge is 2.09. The second-order valence-electron chi connectivity index (χ2n) is 3.50. The SMILES string of the molecule is COc1cc(C(C)NCC(N)=O)ccc1O. The smallest absolute Gasteiger partial charge is 0.231 e. The molecule has 1 aromatic rings. The van der Waals surface area contributed by atoms with Gasteiger partial charge in [0.05, 0.1) is 13.7 Å². The molecule has 0 aromatic heterocycles. The van der Waals surface area contributed by atoms with E-state index in [9.17, 15) is 9.90 Å². The average Bonchev–Trinajstić information content (AvgIpc) is 2.26. The summed E-state index contributed by atoms with van der Waals surface area (Å²) in [4.78, 5) is 10.6. The van der Waals surface area contributed by atoms with Crippen molar-refractivity contribution in [2.45, 2.75) is 13.0 Å². The minimum Gasteiger partial charge on any atom is -0.504 e. The van der Waals surface area contributed by atoms with E-state index in [0.717, 1.165) is 5.56 Å². The lowest BCUT2D eigenvalue weighted by atomic mass is 10.1. The Morgan fingerprint density at radius 2 is 2.31 bits per heavy atom. The van der Waals surface area contributed by atoms with Crippen molar-refractivity contribution < 1.29 is 14.6 Å². The number of phenols is 1. The summed E-state index contributed by atoms with van der Waals surface area (Å²) in [6.45, 7) is 2.01. The van der Waals surface area contributed by atoms with Crippen LogP contribution in [0.5, 0.6) is 11.5 Å². The number of carbonyl (C=O) groups excluding carboxylic acids is 1. The van der Waals surface area contributed by atoms with Crippen LogP contribution in [-0.4, -0.2) is 24.7 Å². The van der Waals surface area contributed by atoms with Crippen molar-refractivity contribution in [3.8, 4) is 11.5 Å². The molecule has 0 bridgehead atoms. The molecular weight excluding hydrogens is 208 g/mol. The zero-order chi connectivity index (χ0) is 12.1. The molecule has 1 rings (SSSR count). The third-order valence-electron chi connectivity index (χ3n) is 2.29. The Labute approximate surface area is 94.2 Å². The molecule has 0 spiro atoms. The summed E-state index contributed by atoms with van der Waals surface area (Å²) >= 11 is 0. The number of carbonyl (C=O) groups is 1. The number of aromatic hydroxyl groups is 1. The van der Waals surface area contributed by atoms with Crippen molar-refractivity contribution in [1.82, 2.24) is 5.32 Å². The van der Waals surface area contributed by atoms with Gasteiger partial charge in [-0.1, -0.05) is 6.07 Å². The van der Waals surface area contributed by atoms with Crippen LogP contribution in [0, 0.1) is 0 Å². The van der Waals surface area contributed by atoms with Gasteiger partial charge in [0.1, 0.15) is 0 Å². The van der Waals surface area contributed by atoms with Gasteiger partial charge in [-0.25, -0.2) is 0 Å². The second-order valence-corrected chi connectivity index (χ2v) is 3.50. The second kappa shape index (κ2) is 5.37. The molecule has 1 unspecified atom stereocenters. The number of rotatable bonds is 5. The first-order valence-corrected chi connectivity index (χ1v) is 4.93. The Bertz CT molecular complexity index is 379. The van der Waals surface area contributed by atoms with Crippen molar-refractivity contribution in [2.24, 2.45) is 5.73 Å². The summed E-state index contributed by atoms with van der Waals surface area (Å²) < 4.78 is 4.99. The number of nitrogens with two attached hydrogens (primary N) is 1. The molecule has 88 valence electrons. The molecule has 1 aromatic carbocycles. The van der Waals surface area contributed by atoms with Gasteiger partial charge in [0.25, 0.3) is 0 Å². The van der Waals surface area contributed by atoms with E-state index in [1.165, 1.54) is 7.11 Å². The molecule has 0 aliphatic rings. The van der Waals surface area contributed by atoms with Crippen LogP contribution < -0.4 is 15.8 Å². The molecule has 5 heteroatoms. The van der Waals surface area contributed by atoms with E-state index < -0.39 is 5.91 Å². The molecular formula is C11H16N2O3. The summed E-state index contributed by atoms with van der Waals surface area (Å²) in [5.74, 6) is 0.0937. The van der Waals surface area contributed by atoms with Crippen LogP contribution >= 0.6 is 0 Å². The Morgan fingerprint density at radius 3 is 2.88 bits per heavy atom. The lowest BCUT2D eigenvalue weighted by molar-refractivity contribution is -0.117. The maximum absolute atomic E-state index is 10.6. The van der Waals surface area contributed by atoms with Crippen LogP contribution in [0.25, 0.3) is 0 Å². The highest BCUT2D eigenvalue weighted by atomic mass is 16.5. The maximum atomic E-state index is 10.6. The van der Waals surface area contributed by atoms with Crippen LogP contribution in [0.4, 0.5) is 0 Å². The zero-order valence-corrected chi connectivity index (χ0v) is 9.36. The van der Waals surface area contributed by atoms with E-state index in [-0.39, 0.29) is 18.3 Å². The van der Waals surface area contributed by atoms with Crippen molar-refractivity contribution in [2.75, 3.05) is 13.7 Å². The summed E-state index contributed by atoms with van der Waals surface area (Å²) in [5.41, 5.74) is 5.95. The van der Waals surface area contributed by atoms with Crippen LogP contribution in [-0.2, 0) is 4.79 Å². The Balaban J connectivity index is 2.75. The number of phenolic OH excluding ortho intramolecular Hbond substituents is 1. The zero-order valence-electron chi connectivity index (χ0n) is 9.36. The van der Waals surface area contributed by atoms with Crippen molar-refractivity contribution in [1.29, 1.82) is 0 Å². The third-order valence-corrected chi connectivity index (χ3v) is 2.29. The van der Waals surface area contributed by atoms with E-state index in [2.05, 4.69) is 5.32 Å². The van der Waals surface area contributed by atoms with Gasteiger partial charge in [-0.3, -0.25) is 4.79 Å². The topological polar surface area (TPSA) is 84.6 Å². The van der Waals surface area contributed by atoms with Crippen molar-refractivity contribution in [3.05, 3.63) is 23.8 Å². The first-order chi connectivity index (χ1) is 7.54. The Morgan fingerprint density at radius 1 is 1.62 bits per heavy atom. The Hall–Kier alpha value is -1.75. The van der Waals surface area contributed by atoms with Crippen molar-refractivity contribution >= 4 is 5.91 Å². The molecule has 1 amide bonds. The summed E-state index contributed by atoms with van der Waals surface area (Å²) in [6, 6.07) is 4.99. The fourth-order valence-corrected chi connectivity index (χ4v) is 1.34. The van der Waals surface area contributed by atoms with E-state index in [1.54, 1.807) is 18.2 Å². The molecule has 0 heterocycles. The Kier molecular flexibility index (Phi) is 4.13. The molecule has 4 N–H and O–H groups in total. The van der Waals surface area contributed by atoms with E-state index in [0.29, 0.717) is 5.75 Å². The van der Waals surface area contributed by atoms with Gasteiger partial charge in [0.2, 0.25) is 5.91 Å². The normalized spacial score (nSPS) is 12.1. The minimum atomic E-state index is -0.405. The minimum absolute atomic E-state index is 0.0398. The summed E-state index contributed by atoms with van der Waals surface area (Å²) in [5, 5.41) is 12.4. The molecule has 16 heavy (non-hydrogen) atoms. The first-order valence-electron chi connectivity index (χ1n) is 4.93. The molecule has 0 saturated heterocycles. The molecule has 0 aliphatic heterocycles. The lowest BCUT2D eigenvalue weighted by Gasteiger charge is -2.14. The van der Waals surface area contributed by atoms with Crippen LogP contribution in [0.1, 0.15) is 18.5 Å². The molecule has 0 aliphatic carbocycles. The predicted octanol–water partition coefficient (Wildman–Crippen LogP) is 0.537. The van der Waals surface area contributed by atoms with Gasteiger partial charge in [-0.15, -0.1) is 0 Å². The molecule has 0 radical (unpaired) electrons. The lowest BCUT2D eigenvalue weighted by Crippen LogP contribution is -2.30. The molecule has 5 nitrogen and oxygen atoms in total. The number of ether oxygens (including phenoxy) is 1. The van der Waals surface area contributed by atoms with Gasteiger partial charge in [0, 0.05) is 6.04 Å². The number of benzene rings is 1.